The van der Waals surface area contributed by atoms with Crippen LogP contribution in [0.3, 0.4) is 0 Å². The number of piperidine rings is 1. The highest BCUT2D eigenvalue weighted by atomic mass is 35.5. The first-order chi connectivity index (χ1) is 8.61. The van der Waals surface area contributed by atoms with Crippen LogP contribution in [0.4, 0.5) is 5.69 Å². The van der Waals surface area contributed by atoms with Crippen LogP contribution in [0.5, 0.6) is 0 Å². The molecular weight excluding hydrogens is 248 g/mol. The number of nitrogens with zero attached hydrogens (tertiary/aromatic N) is 2. The van der Waals surface area contributed by atoms with E-state index in [1.807, 2.05) is 13.0 Å². The fourth-order valence-electron chi connectivity index (χ4n) is 2.48. The van der Waals surface area contributed by atoms with Crippen LogP contribution >= 0.6 is 11.6 Å². The summed E-state index contributed by atoms with van der Waals surface area (Å²) >= 11 is 6.01. The van der Waals surface area contributed by atoms with Crippen LogP contribution in [0.2, 0.25) is 5.02 Å². The Kier molecular flexibility index (Phi) is 4.11. The van der Waals surface area contributed by atoms with E-state index in [1.54, 1.807) is 12.1 Å². The van der Waals surface area contributed by atoms with Crippen LogP contribution in [-0.4, -0.2) is 24.3 Å². The second-order valence-electron chi connectivity index (χ2n) is 4.86. The summed E-state index contributed by atoms with van der Waals surface area (Å²) in [5, 5.41) is 19.5. The minimum Gasteiger partial charge on any atom is -0.393 e. The quantitative estimate of drug-likeness (QED) is 0.894. The molecule has 0 aliphatic carbocycles. The summed E-state index contributed by atoms with van der Waals surface area (Å²) < 4.78 is 0. The smallest absolute Gasteiger partial charge is 0.101 e. The average molecular weight is 265 g/mol. The van der Waals surface area contributed by atoms with Crippen LogP contribution < -0.4 is 4.90 Å². The van der Waals surface area contributed by atoms with Gasteiger partial charge in [-0.25, -0.2) is 0 Å². The number of aliphatic hydroxyl groups is 1. The number of halogens is 1. The van der Waals surface area contributed by atoms with Gasteiger partial charge in [-0.1, -0.05) is 11.6 Å². The molecule has 96 valence electrons. The van der Waals surface area contributed by atoms with Crippen molar-refractivity contribution < 1.29 is 5.11 Å². The molecule has 1 N–H and O–H groups in total. The molecule has 2 atom stereocenters. The molecule has 2 rings (SSSR count). The molecule has 0 bridgehead atoms. The van der Waals surface area contributed by atoms with Gasteiger partial charge in [0.1, 0.15) is 6.07 Å². The Bertz CT molecular complexity index is 467. The van der Waals surface area contributed by atoms with Gasteiger partial charge in [-0.15, -0.1) is 0 Å². The van der Waals surface area contributed by atoms with E-state index >= 15 is 0 Å². The van der Waals surface area contributed by atoms with Gasteiger partial charge in [0, 0.05) is 24.0 Å². The monoisotopic (exact) mass is 264 g/mol. The summed E-state index contributed by atoms with van der Waals surface area (Å²) in [5.41, 5.74) is 1.53. The molecule has 4 heteroatoms. The molecule has 2 unspecified atom stereocenters. The summed E-state index contributed by atoms with van der Waals surface area (Å²) in [6.07, 6.45) is 1.77. The van der Waals surface area contributed by atoms with Gasteiger partial charge in [-0.2, -0.15) is 5.26 Å². The van der Waals surface area contributed by atoms with Crippen LogP contribution in [0.25, 0.3) is 0 Å². The van der Waals surface area contributed by atoms with E-state index < -0.39 is 0 Å². The summed E-state index contributed by atoms with van der Waals surface area (Å²) in [5.74, 6) is 0.268. The molecule has 0 amide bonds. The van der Waals surface area contributed by atoms with E-state index in [0.29, 0.717) is 10.6 Å². The Morgan fingerprint density at radius 1 is 1.56 bits per heavy atom. The first-order valence-corrected chi connectivity index (χ1v) is 6.62. The molecule has 18 heavy (non-hydrogen) atoms. The highest BCUT2D eigenvalue weighted by Crippen LogP contribution is 2.29. The Morgan fingerprint density at radius 3 is 3.00 bits per heavy atom. The SMILES string of the molecule is CC(O)C1CCCN(c2cc(Cl)ccc2C#N)C1. The molecule has 0 saturated carbocycles. The number of rotatable bonds is 2. The lowest BCUT2D eigenvalue weighted by molar-refractivity contribution is 0.115. The molecule has 1 aliphatic rings. The van der Waals surface area contributed by atoms with E-state index in [4.69, 9.17) is 16.9 Å². The second kappa shape index (κ2) is 5.60. The third-order valence-electron chi connectivity index (χ3n) is 3.56. The van der Waals surface area contributed by atoms with E-state index in [-0.39, 0.29) is 12.0 Å². The number of anilines is 1. The lowest BCUT2D eigenvalue weighted by Crippen LogP contribution is -2.39. The normalized spacial score (nSPS) is 21.4. The van der Waals surface area contributed by atoms with E-state index in [2.05, 4.69) is 11.0 Å². The second-order valence-corrected chi connectivity index (χ2v) is 5.30. The predicted octanol–water partition coefficient (Wildman–Crippen LogP) is 2.81. The van der Waals surface area contributed by atoms with Crippen molar-refractivity contribution in [2.75, 3.05) is 18.0 Å². The molecule has 0 radical (unpaired) electrons. The average Bonchev–Trinajstić information content (AvgIpc) is 2.39. The Hall–Kier alpha value is -1.24. The van der Waals surface area contributed by atoms with Gasteiger partial charge in [0.05, 0.1) is 17.4 Å². The topological polar surface area (TPSA) is 47.3 Å². The summed E-state index contributed by atoms with van der Waals surface area (Å²) in [6.45, 7) is 3.53. The molecule has 1 fully saturated rings. The Labute approximate surface area is 113 Å². The van der Waals surface area contributed by atoms with E-state index in [9.17, 15) is 5.11 Å². The maximum Gasteiger partial charge on any atom is 0.101 e. The van der Waals surface area contributed by atoms with Crippen molar-refractivity contribution in [2.24, 2.45) is 5.92 Å². The Balaban J connectivity index is 2.25. The number of aliphatic hydroxyl groups excluding tert-OH is 1. The zero-order valence-electron chi connectivity index (χ0n) is 10.4. The fourth-order valence-corrected chi connectivity index (χ4v) is 2.65. The van der Waals surface area contributed by atoms with Gasteiger partial charge in [0.15, 0.2) is 0 Å². The molecule has 3 nitrogen and oxygen atoms in total. The number of nitriles is 1. The minimum absolute atomic E-state index is 0.268. The maximum atomic E-state index is 9.71. The van der Waals surface area contributed by atoms with Crippen molar-refractivity contribution in [2.45, 2.75) is 25.9 Å². The lowest BCUT2D eigenvalue weighted by atomic mass is 9.93. The van der Waals surface area contributed by atoms with Crippen LogP contribution in [0, 0.1) is 17.2 Å². The van der Waals surface area contributed by atoms with Crippen molar-refractivity contribution in [1.82, 2.24) is 0 Å². The third-order valence-corrected chi connectivity index (χ3v) is 3.80. The maximum absolute atomic E-state index is 9.71. The lowest BCUT2D eigenvalue weighted by Gasteiger charge is -2.36. The summed E-state index contributed by atoms with van der Waals surface area (Å²) in [7, 11) is 0. The van der Waals surface area contributed by atoms with Crippen LogP contribution in [0.15, 0.2) is 18.2 Å². The zero-order chi connectivity index (χ0) is 13.1. The molecule has 1 heterocycles. The fraction of sp³-hybridized carbons (Fsp3) is 0.500. The van der Waals surface area contributed by atoms with Gasteiger partial charge >= 0.3 is 0 Å². The van der Waals surface area contributed by atoms with Crippen molar-refractivity contribution >= 4 is 17.3 Å². The molecule has 1 aromatic rings. The highest BCUT2D eigenvalue weighted by molar-refractivity contribution is 6.30. The van der Waals surface area contributed by atoms with Crippen molar-refractivity contribution in [1.29, 1.82) is 5.26 Å². The largest absolute Gasteiger partial charge is 0.393 e. The first kappa shape index (κ1) is 13.2. The molecule has 1 saturated heterocycles. The predicted molar refractivity (Wildman–Crippen MR) is 72.8 cm³/mol. The molecule has 0 spiro atoms. The van der Waals surface area contributed by atoms with Gasteiger partial charge < -0.3 is 10.0 Å². The van der Waals surface area contributed by atoms with Crippen molar-refractivity contribution in [3.63, 3.8) is 0 Å². The first-order valence-electron chi connectivity index (χ1n) is 6.24. The van der Waals surface area contributed by atoms with Gasteiger partial charge in [0.2, 0.25) is 0 Å². The molecule has 0 aromatic heterocycles. The van der Waals surface area contributed by atoms with Gasteiger partial charge in [-0.05, 0) is 38.0 Å². The van der Waals surface area contributed by atoms with E-state index in [1.165, 1.54) is 0 Å². The van der Waals surface area contributed by atoms with Crippen molar-refractivity contribution in [3.8, 4) is 6.07 Å². The molecule has 1 aliphatic heterocycles. The third kappa shape index (κ3) is 2.77. The number of hydrogen-bond donors (Lipinski definition) is 1. The number of hydrogen-bond acceptors (Lipinski definition) is 3. The van der Waals surface area contributed by atoms with Crippen LogP contribution in [0.1, 0.15) is 25.3 Å². The standard InChI is InChI=1S/C14H17ClN2O/c1-10(18)12-3-2-6-17(9-12)14-7-13(15)5-4-11(14)8-16/h4-5,7,10,12,18H,2-3,6,9H2,1H3. The van der Waals surface area contributed by atoms with Gasteiger partial charge in [0.25, 0.3) is 0 Å². The zero-order valence-corrected chi connectivity index (χ0v) is 11.2. The van der Waals surface area contributed by atoms with Crippen LogP contribution in [-0.2, 0) is 0 Å². The summed E-state index contributed by atoms with van der Waals surface area (Å²) in [6, 6.07) is 7.53. The Morgan fingerprint density at radius 2 is 2.33 bits per heavy atom. The highest BCUT2D eigenvalue weighted by Gasteiger charge is 2.24. The number of benzene rings is 1. The molecule has 1 aromatic carbocycles. The van der Waals surface area contributed by atoms with Gasteiger partial charge in [-0.3, -0.25) is 0 Å². The molecular formula is C14H17ClN2O. The minimum atomic E-state index is -0.308. The van der Waals surface area contributed by atoms with Crippen molar-refractivity contribution in [3.05, 3.63) is 28.8 Å². The van der Waals surface area contributed by atoms with E-state index in [0.717, 1.165) is 31.6 Å². The summed E-state index contributed by atoms with van der Waals surface area (Å²) in [4.78, 5) is 2.16.